The van der Waals surface area contributed by atoms with Crippen molar-refractivity contribution in [3.8, 4) is 5.75 Å². The van der Waals surface area contributed by atoms with Crippen LogP contribution in [0.1, 0.15) is 10.4 Å². The number of nitrogens with zero attached hydrogens (tertiary/aromatic N) is 1. The van der Waals surface area contributed by atoms with Gasteiger partial charge in [0.15, 0.2) is 0 Å². The Balaban J connectivity index is 1.70. The van der Waals surface area contributed by atoms with Crippen LogP contribution in [0.15, 0.2) is 53.4 Å². The summed E-state index contributed by atoms with van der Waals surface area (Å²) in [5.41, 5.74) is 0.902. The maximum atomic E-state index is 12.4. The van der Waals surface area contributed by atoms with Gasteiger partial charge in [0.2, 0.25) is 0 Å². The lowest BCUT2D eigenvalue weighted by atomic mass is 10.2. The van der Waals surface area contributed by atoms with Crippen molar-refractivity contribution in [2.45, 2.75) is 4.90 Å². The fraction of sp³-hybridized carbons (Fsp3) is 0.278. The van der Waals surface area contributed by atoms with Gasteiger partial charge in [-0.1, -0.05) is 0 Å². The first-order chi connectivity index (χ1) is 12.5. The second-order valence-corrected chi connectivity index (χ2v) is 7.45. The molecule has 0 atom stereocenters. The molecule has 1 N–H and O–H groups in total. The van der Waals surface area contributed by atoms with E-state index in [1.807, 2.05) is 0 Å². The molecule has 1 heterocycles. The van der Waals surface area contributed by atoms with E-state index in [2.05, 4.69) is 4.72 Å². The van der Waals surface area contributed by atoms with Crippen LogP contribution in [0.3, 0.4) is 0 Å². The minimum absolute atomic E-state index is 0.0853. The summed E-state index contributed by atoms with van der Waals surface area (Å²) in [6, 6.07) is 12.5. The Kier molecular flexibility index (Phi) is 5.43. The van der Waals surface area contributed by atoms with Gasteiger partial charge in [-0.2, -0.15) is 0 Å². The summed E-state index contributed by atoms with van der Waals surface area (Å²) in [5.74, 6) is 0.493. The number of carbonyl (C=O) groups excluding carboxylic acids is 1. The number of nitrogens with one attached hydrogen (secondary N) is 1. The Morgan fingerprint density at radius 3 is 2.23 bits per heavy atom. The normalized spacial score (nSPS) is 14.7. The maximum absolute atomic E-state index is 12.4. The van der Waals surface area contributed by atoms with E-state index in [4.69, 9.17) is 9.47 Å². The van der Waals surface area contributed by atoms with Gasteiger partial charge in [-0.15, -0.1) is 0 Å². The van der Waals surface area contributed by atoms with E-state index in [9.17, 15) is 13.2 Å². The first kappa shape index (κ1) is 18.2. The Bertz CT molecular complexity index is 857. The molecule has 0 unspecified atom stereocenters. The Morgan fingerprint density at radius 1 is 1.04 bits per heavy atom. The van der Waals surface area contributed by atoms with Crippen LogP contribution in [0, 0.1) is 0 Å². The van der Waals surface area contributed by atoms with Crippen molar-refractivity contribution in [2.75, 3.05) is 38.1 Å². The number of anilines is 1. The molecule has 1 fully saturated rings. The smallest absolute Gasteiger partial charge is 0.261 e. The average Bonchev–Trinajstić information content (AvgIpc) is 2.68. The lowest BCUT2D eigenvalue weighted by Gasteiger charge is -2.26. The number of sulfonamides is 1. The zero-order valence-electron chi connectivity index (χ0n) is 14.3. The maximum Gasteiger partial charge on any atom is 0.261 e. The molecule has 0 aromatic heterocycles. The quantitative estimate of drug-likeness (QED) is 0.862. The molecule has 1 amide bonds. The molecular formula is C18H20N2O5S. The third-order valence-corrected chi connectivity index (χ3v) is 5.45. The first-order valence-corrected chi connectivity index (χ1v) is 9.62. The highest BCUT2D eigenvalue weighted by Crippen LogP contribution is 2.20. The number of ether oxygens (including phenoxy) is 2. The number of methoxy groups -OCH3 is 1. The summed E-state index contributed by atoms with van der Waals surface area (Å²) >= 11 is 0. The van der Waals surface area contributed by atoms with Crippen molar-refractivity contribution in [3.05, 3.63) is 54.1 Å². The highest BCUT2D eigenvalue weighted by Gasteiger charge is 2.19. The van der Waals surface area contributed by atoms with Crippen LogP contribution in [0.4, 0.5) is 5.69 Å². The van der Waals surface area contributed by atoms with Gasteiger partial charge >= 0.3 is 0 Å². The van der Waals surface area contributed by atoms with Crippen LogP contribution in [-0.2, 0) is 14.8 Å². The molecule has 0 aliphatic carbocycles. The van der Waals surface area contributed by atoms with Crippen molar-refractivity contribution in [3.63, 3.8) is 0 Å². The SMILES string of the molecule is COc1ccc(S(=O)(=O)Nc2ccc(C(=O)N3CCOCC3)cc2)cc1. The Labute approximate surface area is 152 Å². The van der Waals surface area contributed by atoms with Crippen LogP contribution in [0.25, 0.3) is 0 Å². The van der Waals surface area contributed by atoms with E-state index in [1.54, 1.807) is 41.3 Å². The van der Waals surface area contributed by atoms with Crippen LogP contribution < -0.4 is 9.46 Å². The summed E-state index contributed by atoms with van der Waals surface area (Å²) in [6.45, 7) is 2.19. The molecule has 0 bridgehead atoms. The number of benzene rings is 2. The summed E-state index contributed by atoms with van der Waals surface area (Å²) in [6.07, 6.45) is 0. The number of morpholine rings is 1. The molecule has 1 aliphatic rings. The minimum atomic E-state index is -3.71. The number of hydrogen-bond acceptors (Lipinski definition) is 5. The van der Waals surface area contributed by atoms with E-state index in [0.29, 0.717) is 43.3 Å². The third kappa shape index (κ3) is 4.14. The van der Waals surface area contributed by atoms with E-state index in [1.165, 1.54) is 19.2 Å². The molecule has 0 spiro atoms. The zero-order chi connectivity index (χ0) is 18.6. The molecule has 7 nitrogen and oxygen atoms in total. The second kappa shape index (κ2) is 7.76. The highest BCUT2D eigenvalue weighted by atomic mass is 32.2. The van der Waals surface area contributed by atoms with E-state index in [0.717, 1.165) is 0 Å². The number of amides is 1. The van der Waals surface area contributed by atoms with Gasteiger partial charge in [-0.05, 0) is 48.5 Å². The van der Waals surface area contributed by atoms with Crippen molar-refractivity contribution in [1.82, 2.24) is 4.90 Å². The van der Waals surface area contributed by atoms with Crippen molar-refractivity contribution in [2.24, 2.45) is 0 Å². The molecule has 138 valence electrons. The lowest BCUT2D eigenvalue weighted by Crippen LogP contribution is -2.40. The largest absolute Gasteiger partial charge is 0.497 e. The van der Waals surface area contributed by atoms with Crippen LogP contribution >= 0.6 is 0 Å². The second-order valence-electron chi connectivity index (χ2n) is 5.76. The van der Waals surface area contributed by atoms with Crippen LogP contribution in [0.5, 0.6) is 5.75 Å². The zero-order valence-corrected chi connectivity index (χ0v) is 15.2. The van der Waals surface area contributed by atoms with Gasteiger partial charge in [0.1, 0.15) is 5.75 Å². The van der Waals surface area contributed by atoms with Crippen LogP contribution in [-0.4, -0.2) is 52.6 Å². The van der Waals surface area contributed by atoms with Gasteiger partial charge in [-0.25, -0.2) is 8.42 Å². The van der Waals surface area contributed by atoms with Gasteiger partial charge in [0.25, 0.3) is 15.9 Å². The van der Waals surface area contributed by atoms with Gasteiger partial charge in [0.05, 0.1) is 25.2 Å². The molecule has 2 aromatic rings. The van der Waals surface area contributed by atoms with Gasteiger partial charge in [-0.3, -0.25) is 9.52 Å². The first-order valence-electron chi connectivity index (χ1n) is 8.13. The van der Waals surface area contributed by atoms with E-state index in [-0.39, 0.29) is 10.8 Å². The molecule has 26 heavy (non-hydrogen) atoms. The monoisotopic (exact) mass is 376 g/mol. The fourth-order valence-electron chi connectivity index (χ4n) is 2.60. The topological polar surface area (TPSA) is 84.9 Å². The number of rotatable bonds is 5. The lowest BCUT2D eigenvalue weighted by molar-refractivity contribution is 0.0303. The molecular weight excluding hydrogens is 356 g/mol. The summed E-state index contributed by atoms with van der Waals surface area (Å²) in [5, 5.41) is 0. The van der Waals surface area contributed by atoms with Crippen LogP contribution in [0.2, 0.25) is 0 Å². The van der Waals surface area contributed by atoms with E-state index >= 15 is 0 Å². The van der Waals surface area contributed by atoms with Crippen molar-refractivity contribution >= 4 is 21.6 Å². The molecule has 0 saturated carbocycles. The third-order valence-electron chi connectivity index (χ3n) is 4.05. The molecule has 1 aliphatic heterocycles. The molecule has 3 rings (SSSR count). The predicted octanol–water partition coefficient (Wildman–Crippen LogP) is 1.97. The number of hydrogen-bond donors (Lipinski definition) is 1. The van der Waals surface area contributed by atoms with Gasteiger partial charge < -0.3 is 14.4 Å². The minimum Gasteiger partial charge on any atom is -0.497 e. The van der Waals surface area contributed by atoms with E-state index < -0.39 is 10.0 Å². The average molecular weight is 376 g/mol. The fourth-order valence-corrected chi connectivity index (χ4v) is 3.66. The standard InChI is InChI=1S/C18H20N2O5S/c1-24-16-6-8-17(9-7-16)26(22,23)19-15-4-2-14(3-5-15)18(21)20-10-12-25-13-11-20/h2-9,19H,10-13H2,1H3. The van der Waals surface area contributed by atoms with Crippen molar-refractivity contribution in [1.29, 1.82) is 0 Å². The highest BCUT2D eigenvalue weighted by molar-refractivity contribution is 7.92. The molecule has 0 radical (unpaired) electrons. The van der Waals surface area contributed by atoms with Gasteiger partial charge in [0, 0.05) is 24.3 Å². The number of carbonyl (C=O) groups is 1. The molecule has 2 aromatic carbocycles. The summed E-state index contributed by atoms with van der Waals surface area (Å²) < 4.78 is 37.6. The summed E-state index contributed by atoms with van der Waals surface area (Å²) in [7, 11) is -2.19. The Hall–Kier alpha value is -2.58. The molecule has 8 heteroatoms. The Morgan fingerprint density at radius 2 is 1.65 bits per heavy atom. The molecule has 1 saturated heterocycles. The summed E-state index contributed by atoms with van der Waals surface area (Å²) in [4.78, 5) is 14.3. The predicted molar refractivity (Wildman–Crippen MR) is 97.0 cm³/mol. The van der Waals surface area contributed by atoms with Crippen molar-refractivity contribution < 1.29 is 22.7 Å².